The van der Waals surface area contributed by atoms with Crippen LogP contribution in [-0.2, 0) is 0 Å². The van der Waals surface area contributed by atoms with E-state index in [0.29, 0.717) is 11.3 Å². The van der Waals surface area contributed by atoms with E-state index in [-0.39, 0.29) is 33.6 Å². The van der Waals surface area contributed by atoms with Crippen LogP contribution in [0.3, 0.4) is 0 Å². The van der Waals surface area contributed by atoms with Gasteiger partial charge in [-0.15, -0.1) is 0 Å². The van der Waals surface area contributed by atoms with Crippen molar-refractivity contribution in [2.24, 2.45) is 5.73 Å². The predicted octanol–water partition coefficient (Wildman–Crippen LogP) is 5.87. The van der Waals surface area contributed by atoms with Crippen molar-refractivity contribution in [3.8, 4) is 39.7 Å². The van der Waals surface area contributed by atoms with Gasteiger partial charge < -0.3 is 16.2 Å². The normalized spacial score (nSPS) is 10.8. The Balaban J connectivity index is 1.65. The number of anilines is 1. The molecule has 0 saturated carbocycles. The summed E-state index contributed by atoms with van der Waals surface area (Å²) in [6, 6.07) is 24.3. The first kappa shape index (κ1) is 23.1. The summed E-state index contributed by atoms with van der Waals surface area (Å²) >= 11 is 6.12. The van der Waals surface area contributed by atoms with E-state index in [2.05, 4.69) is 4.98 Å². The third kappa shape index (κ3) is 4.25. The number of nitrogen functional groups attached to an aromatic ring is 1. The molecule has 5 aromatic rings. The van der Waals surface area contributed by atoms with E-state index >= 15 is 4.39 Å². The Labute approximate surface area is 210 Å². The van der Waals surface area contributed by atoms with E-state index in [1.54, 1.807) is 10.7 Å². The molecule has 0 aliphatic rings. The van der Waals surface area contributed by atoms with Crippen LogP contribution in [-0.4, -0.2) is 20.7 Å². The van der Waals surface area contributed by atoms with E-state index in [1.807, 2.05) is 60.7 Å². The molecule has 0 fully saturated rings. The minimum absolute atomic E-state index is 0.0668. The summed E-state index contributed by atoms with van der Waals surface area (Å²) in [7, 11) is 0. The van der Waals surface area contributed by atoms with E-state index in [9.17, 15) is 4.79 Å². The second kappa shape index (κ2) is 9.52. The fourth-order valence-electron chi connectivity index (χ4n) is 3.84. The van der Waals surface area contributed by atoms with Crippen molar-refractivity contribution in [3.05, 3.63) is 108 Å². The Hall–Kier alpha value is -4.69. The van der Waals surface area contributed by atoms with Crippen molar-refractivity contribution in [3.63, 3.8) is 0 Å². The number of benzene rings is 3. The first-order valence-electron chi connectivity index (χ1n) is 10.9. The van der Waals surface area contributed by atoms with Gasteiger partial charge in [0.05, 0.1) is 16.9 Å². The lowest BCUT2D eigenvalue weighted by Crippen LogP contribution is -2.13. The van der Waals surface area contributed by atoms with Gasteiger partial charge in [-0.3, -0.25) is 4.79 Å². The highest BCUT2D eigenvalue weighted by Crippen LogP contribution is 2.37. The molecule has 0 bridgehead atoms. The highest BCUT2D eigenvalue weighted by Gasteiger charge is 2.26. The number of hydrogen-bond donors (Lipinski definition) is 2. The Morgan fingerprint density at radius 1 is 0.917 bits per heavy atom. The molecular formula is C27H19ClFN5O2. The van der Waals surface area contributed by atoms with Crippen molar-refractivity contribution in [1.82, 2.24) is 14.8 Å². The number of hydrogen-bond acceptors (Lipinski definition) is 5. The number of nitrogens with two attached hydrogens (primary N) is 2. The SMILES string of the molecule is NC(=O)c1c(-c2ccc(Oc3ccnc(N)c3Cl)c(F)c2)nn(-c2ccccc2)c1-c1ccccc1. The van der Waals surface area contributed by atoms with E-state index in [1.165, 1.54) is 24.4 Å². The fraction of sp³-hybridized carbons (Fsp3) is 0. The molecule has 36 heavy (non-hydrogen) atoms. The molecule has 0 spiro atoms. The zero-order valence-electron chi connectivity index (χ0n) is 18.7. The highest BCUT2D eigenvalue weighted by molar-refractivity contribution is 6.34. The van der Waals surface area contributed by atoms with Gasteiger partial charge in [0.2, 0.25) is 0 Å². The molecule has 178 valence electrons. The van der Waals surface area contributed by atoms with Gasteiger partial charge in [-0.05, 0) is 30.3 Å². The number of carbonyl (C=O) groups is 1. The minimum atomic E-state index is -0.690. The molecule has 9 heteroatoms. The number of halogens is 2. The van der Waals surface area contributed by atoms with Crippen molar-refractivity contribution >= 4 is 23.3 Å². The average Bonchev–Trinajstić information content (AvgIpc) is 3.30. The summed E-state index contributed by atoms with van der Waals surface area (Å²) in [5, 5.41) is 4.77. The summed E-state index contributed by atoms with van der Waals surface area (Å²) in [5.41, 5.74) is 14.3. The van der Waals surface area contributed by atoms with Crippen LogP contribution in [0.25, 0.3) is 28.2 Å². The second-order valence-corrected chi connectivity index (χ2v) is 8.18. The number of carbonyl (C=O) groups excluding carboxylic acids is 1. The summed E-state index contributed by atoms with van der Waals surface area (Å²) in [5.74, 6) is -1.24. The maximum atomic E-state index is 15.2. The Morgan fingerprint density at radius 2 is 1.61 bits per heavy atom. The third-order valence-corrected chi connectivity index (χ3v) is 5.87. The molecule has 2 aromatic heterocycles. The minimum Gasteiger partial charge on any atom is -0.453 e. The molecule has 0 radical (unpaired) electrons. The standard InChI is InChI=1S/C27H19ClFN5O2/c28-23-21(13-14-32-26(23)30)36-20-12-11-17(15-19(20)29)24-22(27(31)35)25(16-7-3-1-4-8-16)34(33-24)18-9-5-2-6-10-18/h1-15H,(H2,30,32)(H2,31,35). The van der Waals surface area contributed by atoms with Crippen LogP contribution in [0.4, 0.5) is 10.2 Å². The molecule has 7 nitrogen and oxygen atoms in total. The first-order chi connectivity index (χ1) is 17.4. The van der Waals surface area contributed by atoms with Gasteiger partial charge in [-0.1, -0.05) is 60.1 Å². The largest absolute Gasteiger partial charge is 0.453 e. The van der Waals surface area contributed by atoms with Crippen molar-refractivity contribution in [2.75, 3.05) is 5.73 Å². The van der Waals surface area contributed by atoms with Crippen molar-refractivity contribution < 1.29 is 13.9 Å². The fourth-order valence-corrected chi connectivity index (χ4v) is 3.99. The molecule has 2 heterocycles. The summed E-state index contributed by atoms with van der Waals surface area (Å²) in [6.45, 7) is 0. The Morgan fingerprint density at radius 3 is 2.28 bits per heavy atom. The van der Waals surface area contributed by atoms with Gasteiger partial charge in [0.25, 0.3) is 5.91 Å². The topological polar surface area (TPSA) is 109 Å². The number of para-hydroxylation sites is 1. The van der Waals surface area contributed by atoms with Crippen LogP contribution in [0.15, 0.2) is 91.1 Å². The second-order valence-electron chi connectivity index (χ2n) is 7.81. The van der Waals surface area contributed by atoms with E-state index < -0.39 is 11.7 Å². The van der Waals surface area contributed by atoms with E-state index in [0.717, 1.165) is 11.3 Å². The molecule has 0 saturated heterocycles. The van der Waals surface area contributed by atoms with Crippen LogP contribution >= 0.6 is 11.6 Å². The maximum absolute atomic E-state index is 15.2. The molecular weight excluding hydrogens is 481 g/mol. The van der Waals surface area contributed by atoms with Crippen LogP contribution in [0, 0.1) is 5.82 Å². The smallest absolute Gasteiger partial charge is 0.253 e. The lowest BCUT2D eigenvalue weighted by Gasteiger charge is -2.10. The maximum Gasteiger partial charge on any atom is 0.253 e. The molecule has 4 N–H and O–H groups in total. The zero-order chi connectivity index (χ0) is 25.2. The number of amides is 1. The summed E-state index contributed by atoms with van der Waals surface area (Å²) < 4.78 is 22.4. The quantitative estimate of drug-likeness (QED) is 0.304. The van der Waals surface area contributed by atoms with Crippen molar-refractivity contribution in [1.29, 1.82) is 0 Å². The monoisotopic (exact) mass is 499 g/mol. The molecule has 0 aliphatic carbocycles. The average molecular weight is 500 g/mol. The third-order valence-electron chi connectivity index (χ3n) is 5.49. The van der Waals surface area contributed by atoms with E-state index in [4.69, 9.17) is 32.9 Å². The lowest BCUT2D eigenvalue weighted by atomic mass is 10.0. The van der Waals surface area contributed by atoms with Crippen LogP contribution in [0.1, 0.15) is 10.4 Å². The number of ether oxygens (including phenoxy) is 1. The summed E-state index contributed by atoms with van der Waals surface area (Å²) in [4.78, 5) is 16.6. The van der Waals surface area contributed by atoms with Gasteiger partial charge in [-0.2, -0.15) is 5.10 Å². The molecule has 1 amide bonds. The molecule has 0 atom stereocenters. The number of primary amides is 1. The van der Waals surface area contributed by atoms with Gasteiger partial charge in [-0.25, -0.2) is 14.1 Å². The molecule has 5 rings (SSSR count). The summed E-state index contributed by atoms with van der Waals surface area (Å²) in [6.07, 6.45) is 1.41. The molecule has 0 aliphatic heterocycles. The van der Waals surface area contributed by atoms with Crippen molar-refractivity contribution in [2.45, 2.75) is 0 Å². The molecule has 3 aromatic carbocycles. The zero-order valence-corrected chi connectivity index (χ0v) is 19.5. The number of rotatable bonds is 6. The number of pyridine rings is 1. The first-order valence-corrected chi connectivity index (χ1v) is 11.2. The lowest BCUT2D eigenvalue weighted by molar-refractivity contribution is 0.100. The Bertz CT molecular complexity index is 1570. The van der Waals surface area contributed by atoms with Crippen LogP contribution < -0.4 is 16.2 Å². The van der Waals surface area contributed by atoms with Gasteiger partial charge >= 0.3 is 0 Å². The van der Waals surface area contributed by atoms with Crippen LogP contribution in [0.5, 0.6) is 11.5 Å². The van der Waals surface area contributed by atoms with Gasteiger partial charge in [0.15, 0.2) is 17.3 Å². The number of nitrogens with zero attached hydrogens (tertiary/aromatic N) is 3. The van der Waals surface area contributed by atoms with Crippen LogP contribution in [0.2, 0.25) is 5.02 Å². The molecule has 0 unspecified atom stereocenters. The predicted molar refractivity (Wildman–Crippen MR) is 137 cm³/mol. The highest BCUT2D eigenvalue weighted by atomic mass is 35.5. The number of aromatic nitrogens is 3. The van der Waals surface area contributed by atoms with Gasteiger partial charge in [0.1, 0.15) is 16.5 Å². The Kier molecular flexibility index (Phi) is 6.10. The van der Waals surface area contributed by atoms with Gasteiger partial charge in [0, 0.05) is 23.4 Å².